The molecular formula is C20H22N4O3S. The fourth-order valence-corrected chi connectivity index (χ4v) is 4.47. The highest BCUT2D eigenvalue weighted by Gasteiger charge is 2.31. The lowest BCUT2D eigenvalue weighted by molar-refractivity contribution is -0.121. The van der Waals surface area contributed by atoms with E-state index in [1.54, 1.807) is 36.0 Å². The van der Waals surface area contributed by atoms with Gasteiger partial charge in [-0.2, -0.15) is 16.9 Å². The molecule has 0 unspecified atom stereocenters. The van der Waals surface area contributed by atoms with Crippen molar-refractivity contribution in [2.45, 2.75) is 50.7 Å². The van der Waals surface area contributed by atoms with Crippen LogP contribution in [0.4, 0.5) is 11.5 Å². The Labute approximate surface area is 167 Å². The van der Waals surface area contributed by atoms with Gasteiger partial charge < -0.3 is 5.32 Å². The van der Waals surface area contributed by atoms with Gasteiger partial charge in [0.05, 0.1) is 16.9 Å². The molecule has 1 saturated heterocycles. The number of anilines is 2. The van der Waals surface area contributed by atoms with Gasteiger partial charge in [0.25, 0.3) is 5.91 Å². The monoisotopic (exact) mass is 398 g/mol. The van der Waals surface area contributed by atoms with E-state index in [-0.39, 0.29) is 36.1 Å². The van der Waals surface area contributed by atoms with Crippen molar-refractivity contribution in [2.24, 2.45) is 0 Å². The summed E-state index contributed by atoms with van der Waals surface area (Å²) >= 11 is 1.79. The molecule has 1 fully saturated rings. The molecule has 1 aromatic carbocycles. The fourth-order valence-electron chi connectivity index (χ4n) is 3.43. The number of fused-ring (bicyclic) bond motifs is 1. The molecule has 2 aliphatic heterocycles. The van der Waals surface area contributed by atoms with Gasteiger partial charge >= 0.3 is 0 Å². The average molecular weight is 398 g/mol. The van der Waals surface area contributed by atoms with Gasteiger partial charge in [0.2, 0.25) is 11.8 Å². The summed E-state index contributed by atoms with van der Waals surface area (Å²) < 4.78 is 1.88. The SMILES string of the molecule is CC(C)(C)n1nc2c(c1NC(=O)c1ccc(N3C(=O)CCC3=O)cc1)CSC2. The number of imide groups is 1. The Kier molecular flexibility index (Phi) is 4.53. The summed E-state index contributed by atoms with van der Waals surface area (Å²) in [6, 6.07) is 6.54. The molecule has 3 heterocycles. The molecule has 0 radical (unpaired) electrons. The third-order valence-corrected chi connectivity index (χ3v) is 5.83. The summed E-state index contributed by atoms with van der Waals surface area (Å²) in [7, 11) is 0. The lowest BCUT2D eigenvalue weighted by Gasteiger charge is -2.23. The Morgan fingerprint density at radius 2 is 1.71 bits per heavy atom. The summed E-state index contributed by atoms with van der Waals surface area (Å²) in [5.41, 5.74) is 2.82. The fraction of sp³-hybridized carbons (Fsp3) is 0.400. The van der Waals surface area contributed by atoms with Crippen molar-refractivity contribution >= 4 is 41.0 Å². The number of nitrogens with one attached hydrogen (secondary N) is 1. The van der Waals surface area contributed by atoms with Crippen molar-refractivity contribution in [3.05, 3.63) is 41.1 Å². The number of carbonyl (C=O) groups is 3. The maximum atomic E-state index is 12.8. The zero-order valence-corrected chi connectivity index (χ0v) is 16.9. The number of hydrogen-bond acceptors (Lipinski definition) is 5. The van der Waals surface area contributed by atoms with E-state index in [2.05, 4.69) is 26.1 Å². The molecule has 1 aromatic heterocycles. The van der Waals surface area contributed by atoms with E-state index in [1.165, 1.54) is 4.90 Å². The predicted molar refractivity (Wildman–Crippen MR) is 108 cm³/mol. The first-order chi connectivity index (χ1) is 13.3. The minimum absolute atomic E-state index is 0.204. The molecule has 0 aliphatic carbocycles. The first-order valence-corrected chi connectivity index (χ1v) is 10.4. The second kappa shape index (κ2) is 6.77. The van der Waals surface area contributed by atoms with E-state index >= 15 is 0 Å². The zero-order chi connectivity index (χ0) is 20.1. The Morgan fingerprint density at radius 3 is 2.32 bits per heavy atom. The van der Waals surface area contributed by atoms with Gasteiger partial charge in [0, 0.05) is 35.5 Å². The van der Waals surface area contributed by atoms with Crippen LogP contribution in [0.25, 0.3) is 0 Å². The van der Waals surface area contributed by atoms with Crippen molar-refractivity contribution < 1.29 is 14.4 Å². The number of benzene rings is 1. The Bertz CT molecular complexity index is 957. The molecule has 0 saturated carbocycles. The molecule has 0 spiro atoms. The number of thioether (sulfide) groups is 1. The molecule has 146 valence electrons. The normalized spacial score (nSPS) is 16.6. The molecule has 3 amide bonds. The summed E-state index contributed by atoms with van der Waals surface area (Å²) in [5, 5.41) is 7.71. The highest BCUT2D eigenvalue weighted by Crippen LogP contribution is 2.37. The number of nitrogens with zero attached hydrogens (tertiary/aromatic N) is 3. The first-order valence-electron chi connectivity index (χ1n) is 9.22. The zero-order valence-electron chi connectivity index (χ0n) is 16.1. The number of aromatic nitrogens is 2. The highest BCUT2D eigenvalue weighted by molar-refractivity contribution is 7.98. The van der Waals surface area contributed by atoms with Crippen LogP contribution in [0.3, 0.4) is 0 Å². The Hall–Kier alpha value is -2.61. The molecule has 28 heavy (non-hydrogen) atoms. The standard InChI is InChI=1S/C20H22N4O3S/c1-20(2,3)24-18(14-10-28-11-15(14)22-24)21-19(27)12-4-6-13(7-5-12)23-16(25)8-9-17(23)26/h4-7H,8-11H2,1-3H3,(H,21,27). The topological polar surface area (TPSA) is 84.3 Å². The smallest absolute Gasteiger partial charge is 0.256 e. The van der Waals surface area contributed by atoms with Crippen molar-refractivity contribution in [3.8, 4) is 0 Å². The molecule has 2 aromatic rings. The summed E-state index contributed by atoms with van der Waals surface area (Å²) in [5.74, 6) is 1.78. The minimum Gasteiger partial charge on any atom is -0.306 e. The molecule has 0 bridgehead atoms. The van der Waals surface area contributed by atoms with E-state index in [1.807, 2.05) is 4.68 Å². The van der Waals surface area contributed by atoms with Crippen LogP contribution in [0.15, 0.2) is 24.3 Å². The van der Waals surface area contributed by atoms with Crippen LogP contribution >= 0.6 is 11.8 Å². The predicted octanol–water partition coefficient (Wildman–Crippen LogP) is 3.29. The largest absolute Gasteiger partial charge is 0.306 e. The van der Waals surface area contributed by atoms with Crippen LogP contribution in [0.1, 0.15) is 55.2 Å². The number of rotatable bonds is 3. The number of hydrogen-bond donors (Lipinski definition) is 1. The first kappa shape index (κ1) is 18.7. The summed E-state index contributed by atoms with van der Waals surface area (Å²) in [6.07, 6.45) is 0.474. The van der Waals surface area contributed by atoms with E-state index in [9.17, 15) is 14.4 Å². The second-order valence-corrected chi connectivity index (χ2v) is 8.96. The summed E-state index contributed by atoms with van der Waals surface area (Å²) in [6.45, 7) is 6.16. The minimum atomic E-state index is -0.252. The molecule has 2 aliphatic rings. The average Bonchev–Trinajstić information content (AvgIpc) is 3.31. The maximum Gasteiger partial charge on any atom is 0.256 e. The molecule has 7 nitrogen and oxygen atoms in total. The lowest BCUT2D eigenvalue weighted by Crippen LogP contribution is -2.28. The van der Waals surface area contributed by atoms with E-state index in [0.717, 1.165) is 28.6 Å². The van der Waals surface area contributed by atoms with E-state index < -0.39 is 0 Å². The van der Waals surface area contributed by atoms with Crippen LogP contribution in [-0.2, 0) is 26.6 Å². The van der Waals surface area contributed by atoms with E-state index in [0.29, 0.717) is 11.3 Å². The van der Waals surface area contributed by atoms with Crippen molar-refractivity contribution in [1.82, 2.24) is 9.78 Å². The van der Waals surface area contributed by atoms with Crippen LogP contribution in [0, 0.1) is 0 Å². The molecular weight excluding hydrogens is 376 g/mol. The van der Waals surface area contributed by atoms with E-state index in [4.69, 9.17) is 5.10 Å². The van der Waals surface area contributed by atoms with Gasteiger partial charge in [-0.05, 0) is 45.0 Å². The van der Waals surface area contributed by atoms with Gasteiger partial charge in [-0.1, -0.05) is 0 Å². The maximum absolute atomic E-state index is 12.8. The molecule has 1 N–H and O–H groups in total. The third kappa shape index (κ3) is 3.22. The van der Waals surface area contributed by atoms with Gasteiger partial charge in [0.15, 0.2) is 0 Å². The lowest BCUT2D eigenvalue weighted by atomic mass is 10.1. The number of carbonyl (C=O) groups excluding carboxylic acids is 3. The van der Waals surface area contributed by atoms with Crippen LogP contribution < -0.4 is 10.2 Å². The van der Waals surface area contributed by atoms with Crippen LogP contribution in [-0.4, -0.2) is 27.5 Å². The van der Waals surface area contributed by atoms with Crippen LogP contribution in [0.5, 0.6) is 0 Å². The second-order valence-electron chi connectivity index (χ2n) is 7.97. The molecule has 8 heteroatoms. The Morgan fingerprint density at radius 1 is 1.07 bits per heavy atom. The van der Waals surface area contributed by atoms with Crippen LogP contribution in [0.2, 0.25) is 0 Å². The Balaban J connectivity index is 1.58. The molecule has 4 rings (SSSR count). The van der Waals surface area contributed by atoms with Gasteiger partial charge in [-0.15, -0.1) is 0 Å². The van der Waals surface area contributed by atoms with Gasteiger partial charge in [-0.3, -0.25) is 19.3 Å². The van der Waals surface area contributed by atoms with Gasteiger partial charge in [0.1, 0.15) is 5.82 Å². The highest BCUT2D eigenvalue weighted by atomic mass is 32.2. The number of amides is 3. The van der Waals surface area contributed by atoms with Crippen molar-refractivity contribution in [2.75, 3.05) is 10.2 Å². The third-order valence-electron chi connectivity index (χ3n) is 4.86. The van der Waals surface area contributed by atoms with Gasteiger partial charge in [-0.25, -0.2) is 4.68 Å². The van der Waals surface area contributed by atoms with Crippen molar-refractivity contribution in [1.29, 1.82) is 0 Å². The summed E-state index contributed by atoms with van der Waals surface area (Å²) in [4.78, 5) is 37.8. The molecule has 0 atom stereocenters. The van der Waals surface area contributed by atoms with Crippen molar-refractivity contribution in [3.63, 3.8) is 0 Å². The quantitative estimate of drug-likeness (QED) is 0.802.